The number of rotatable bonds is 7. The molecule has 1 aliphatic rings. The maximum Gasteiger partial charge on any atom is 0.119 e. The van der Waals surface area contributed by atoms with Crippen LogP contribution in [-0.4, -0.2) is 19.6 Å². The van der Waals surface area contributed by atoms with E-state index in [4.69, 9.17) is 16.3 Å². The van der Waals surface area contributed by atoms with Gasteiger partial charge in [0.05, 0.1) is 0 Å². The molecule has 1 saturated heterocycles. The molecule has 1 fully saturated rings. The molecular formula is C19H22BrClN2O. The highest BCUT2D eigenvalue weighted by Gasteiger charge is 2.17. The van der Waals surface area contributed by atoms with Gasteiger partial charge in [-0.15, -0.1) is 0 Å². The highest BCUT2D eigenvalue weighted by atomic mass is 79.9. The van der Waals surface area contributed by atoms with E-state index in [9.17, 15) is 0 Å². The fraction of sp³-hybridized carbons (Fsp3) is 0.368. The Morgan fingerprint density at radius 1 is 1.25 bits per heavy atom. The lowest BCUT2D eigenvalue weighted by molar-refractivity contribution is 0.305. The van der Waals surface area contributed by atoms with Gasteiger partial charge in [0.25, 0.3) is 0 Å². The highest BCUT2D eigenvalue weighted by Crippen LogP contribution is 2.24. The van der Waals surface area contributed by atoms with Crippen LogP contribution in [0.3, 0.4) is 0 Å². The number of hydrogen-bond donors (Lipinski definition) is 2. The van der Waals surface area contributed by atoms with E-state index in [1.807, 2.05) is 30.3 Å². The topological polar surface area (TPSA) is 33.3 Å². The van der Waals surface area contributed by atoms with Crippen LogP contribution in [0.5, 0.6) is 5.75 Å². The Morgan fingerprint density at radius 3 is 2.62 bits per heavy atom. The maximum atomic E-state index is 5.96. The van der Waals surface area contributed by atoms with E-state index in [-0.39, 0.29) is 0 Å². The number of hydrogen-bond acceptors (Lipinski definition) is 3. The fourth-order valence-corrected chi connectivity index (χ4v) is 3.40. The van der Waals surface area contributed by atoms with Gasteiger partial charge in [0.2, 0.25) is 0 Å². The summed E-state index contributed by atoms with van der Waals surface area (Å²) in [6, 6.07) is 14.4. The second-order valence-corrected chi connectivity index (χ2v) is 7.54. The van der Waals surface area contributed by atoms with Gasteiger partial charge in [0.1, 0.15) is 12.4 Å². The van der Waals surface area contributed by atoms with Gasteiger partial charge in [0.15, 0.2) is 0 Å². The summed E-state index contributed by atoms with van der Waals surface area (Å²) in [7, 11) is 0. The minimum Gasteiger partial charge on any atom is -0.489 e. The Bertz CT molecular complexity index is 674. The summed E-state index contributed by atoms with van der Waals surface area (Å²) in [5, 5.41) is 7.61. The van der Waals surface area contributed by atoms with Crippen molar-refractivity contribution in [3.63, 3.8) is 0 Å². The van der Waals surface area contributed by atoms with E-state index in [0.717, 1.165) is 41.3 Å². The smallest absolute Gasteiger partial charge is 0.119 e. The van der Waals surface area contributed by atoms with Crippen LogP contribution in [0.25, 0.3) is 0 Å². The number of halogens is 2. The van der Waals surface area contributed by atoms with E-state index >= 15 is 0 Å². The third-order valence-electron chi connectivity index (χ3n) is 4.37. The van der Waals surface area contributed by atoms with Crippen molar-refractivity contribution in [3.05, 3.63) is 63.1 Å². The summed E-state index contributed by atoms with van der Waals surface area (Å²) in [4.78, 5) is 0. The molecule has 2 N–H and O–H groups in total. The van der Waals surface area contributed by atoms with Crippen molar-refractivity contribution in [2.24, 2.45) is 5.92 Å². The molecule has 24 heavy (non-hydrogen) atoms. The zero-order valence-electron chi connectivity index (χ0n) is 13.7. The van der Waals surface area contributed by atoms with Crippen LogP contribution < -0.4 is 15.4 Å². The molecule has 2 aromatic rings. The molecule has 3 rings (SSSR count). The van der Waals surface area contributed by atoms with Crippen LogP contribution in [0, 0.1) is 5.92 Å². The molecular weight excluding hydrogens is 388 g/mol. The third kappa shape index (κ3) is 4.73. The predicted molar refractivity (Wildman–Crippen MR) is 103 cm³/mol. The lowest BCUT2D eigenvalue weighted by Gasteiger charge is -2.28. The molecule has 0 aromatic heterocycles. The molecule has 0 aliphatic carbocycles. The Labute approximate surface area is 156 Å². The molecule has 0 spiro atoms. The van der Waals surface area contributed by atoms with Crippen LogP contribution in [0.2, 0.25) is 5.02 Å². The van der Waals surface area contributed by atoms with E-state index in [1.54, 1.807) is 0 Å². The molecule has 0 saturated carbocycles. The zero-order chi connectivity index (χ0) is 16.9. The molecule has 1 unspecified atom stereocenters. The number of benzene rings is 2. The highest BCUT2D eigenvalue weighted by molar-refractivity contribution is 9.10. The first-order chi connectivity index (χ1) is 11.6. The van der Waals surface area contributed by atoms with Crippen molar-refractivity contribution in [2.75, 3.05) is 19.6 Å². The van der Waals surface area contributed by atoms with Crippen molar-refractivity contribution in [1.82, 2.24) is 10.6 Å². The molecule has 5 heteroatoms. The SMILES string of the molecule is CC(NCC1CNC1)c1ccc(OCc2ccc(Cl)cc2Br)cc1. The van der Waals surface area contributed by atoms with E-state index in [0.29, 0.717) is 17.7 Å². The van der Waals surface area contributed by atoms with E-state index < -0.39 is 0 Å². The standard InChI is InChI=1S/C19H22BrClN2O/c1-13(23-11-14-9-22-10-14)15-3-6-18(7-4-15)24-12-16-2-5-17(21)8-19(16)20/h2-8,13-14,22-23H,9-12H2,1H3. The van der Waals surface area contributed by atoms with Crippen molar-refractivity contribution in [1.29, 1.82) is 0 Å². The first-order valence-corrected chi connectivity index (χ1v) is 9.39. The van der Waals surface area contributed by atoms with Crippen LogP contribution >= 0.6 is 27.5 Å². The third-order valence-corrected chi connectivity index (χ3v) is 5.34. The van der Waals surface area contributed by atoms with Crippen molar-refractivity contribution in [2.45, 2.75) is 19.6 Å². The first-order valence-electron chi connectivity index (χ1n) is 8.22. The fourth-order valence-electron chi connectivity index (χ4n) is 2.61. The lowest BCUT2D eigenvalue weighted by Crippen LogP contribution is -2.47. The van der Waals surface area contributed by atoms with Gasteiger partial charge in [-0.2, -0.15) is 0 Å². The van der Waals surface area contributed by atoms with E-state index in [2.05, 4.69) is 45.6 Å². The summed E-state index contributed by atoms with van der Waals surface area (Å²) >= 11 is 9.47. The van der Waals surface area contributed by atoms with Crippen LogP contribution in [0.4, 0.5) is 0 Å². The normalized spacial score (nSPS) is 15.8. The molecule has 0 amide bonds. The van der Waals surface area contributed by atoms with Gasteiger partial charge >= 0.3 is 0 Å². The quantitative estimate of drug-likeness (QED) is 0.704. The summed E-state index contributed by atoms with van der Waals surface area (Å²) in [6.07, 6.45) is 0. The van der Waals surface area contributed by atoms with E-state index in [1.165, 1.54) is 5.56 Å². The monoisotopic (exact) mass is 408 g/mol. The molecule has 128 valence electrons. The average molecular weight is 410 g/mol. The van der Waals surface area contributed by atoms with Crippen molar-refractivity contribution in [3.8, 4) is 5.75 Å². The van der Waals surface area contributed by atoms with Crippen molar-refractivity contribution >= 4 is 27.5 Å². The molecule has 1 heterocycles. The maximum absolute atomic E-state index is 5.96. The van der Waals surface area contributed by atoms with Crippen molar-refractivity contribution < 1.29 is 4.74 Å². The summed E-state index contributed by atoms with van der Waals surface area (Å²) < 4.78 is 6.84. The first kappa shape index (κ1) is 17.7. The second-order valence-electron chi connectivity index (χ2n) is 6.25. The van der Waals surface area contributed by atoms with Gasteiger partial charge in [-0.3, -0.25) is 0 Å². The average Bonchev–Trinajstić information content (AvgIpc) is 2.53. The van der Waals surface area contributed by atoms with Gasteiger partial charge in [-0.1, -0.05) is 45.7 Å². The molecule has 1 aliphatic heterocycles. The summed E-state index contributed by atoms with van der Waals surface area (Å²) in [5.41, 5.74) is 2.36. The Balaban J connectivity index is 1.51. The lowest BCUT2D eigenvalue weighted by atomic mass is 10.0. The minimum atomic E-state index is 0.352. The van der Waals surface area contributed by atoms with Gasteiger partial charge < -0.3 is 15.4 Å². The molecule has 0 radical (unpaired) electrons. The molecule has 0 bridgehead atoms. The Hall–Kier alpha value is -1.07. The Kier molecular flexibility index (Phi) is 6.17. The second kappa shape index (κ2) is 8.34. The largest absolute Gasteiger partial charge is 0.489 e. The van der Waals surface area contributed by atoms with Gasteiger partial charge in [0, 0.05) is 40.7 Å². The Morgan fingerprint density at radius 2 is 2.00 bits per heavy atom. The molecule has 3 nitrogen and oxygen atoms in total. The molecule has 2 aromatic carbocycles. The van der Waals surface area contributed by atoms with Crippen LogP contribution in [-0.2, 0) is 6.61 Å². The number of nitrogens with one attached hydrogen (secondary N) is 2. The predicted octanol–water partition coefficient (Wildman–Crippen LogP) is 4.55. The van der Waals surface area contributed by atoms with Gasteiger partial charge in [-0.25, -0.2) is 0 Å². The van der Waals surface area contributed by atoms with Gasteiger partial charge in [-0.05, 0) is 42.7 Å². The van der Waals surface area contributed by atoms with Crippen LogP contribution in [0.1, 0.15) is 24.1 Å². The molecule has 1 atom stereocenters. The van der Waals surface area contributed by atoms with Crippen LogP contribution in [0.15, 0.2) is 46.9 Å². The minimum absolute atomic E-state index is 0.352. The number of ether oxygens (including phenoxy) is 1. The summed E-state index contributed by atoms with van der Waals surface area (Å²) in [6.45, 7) is 6.04. The zero-order valence-corrected chi connectivity index (χ0v) is 16.0. The summed E-state index contributed by atoms with van der Waals surface area (Å²) in [5.74, 6) is 1.64.